The number of sulfone groups is 2. The maximum atomic E-state index is 14.4. The standard InChI is InChI=1S/C13H3Br2F17O4S3/c1-38(33,34)2-3(5(15)37-4(2)14)39(35,36)13(31,32)11(26,27)9(22,23)7(18,19)6(16,17)8(20,21)10(24,25)12(28,29)30/h1H3. The first kappa shape index (κ1) is 36.4. The summed E-state index contributed by atoms with van der Waals surface area (Å²) in [6.45, 7) is 0. The van der Waals surface area contributed by atoms with Gasteiger partial charge in [0, 0.05) is 6.26 Å². The average Bonchev–Trinajstić information content (AvgIpc) is 3.00. The highest BCUT2D eigenvalue weighted by Crippen LogP contribution is 2.65. The number of alkyl halides is 17. The Bertz CT molecular complexity index is 1350. The fourth-order valence-electron chi connectivity index (χ4n) is 2.34. The Balaban J connectivity index is 4.02. The van der Waals surface area contributed by atoms with Crippen molar-refractivity contribution < 1.29 is 91.5 Å². The van der Waals surface area contributed by atoms with E-state index in [0.29, 0.717) is 0 Å². The summed E-state index contributed by atoms with van der Waals surface area (Å²) in [4.78, 5) is -4.47. The summed E-state index contributed by atoms with van der Waals surface area (Å²) in [5, 5.41) is -7.88. The zero-order chi connectivity index (χ0) is 32.0. The summed E-state index contributed by atoms with van der Waals surface area (Å²) in [6.07, 6.45) is -7.93. The highest BCUT2D eigenvalue weighted by atomic mass is 79.9. The van der Waals surface area contributed by atoms with Crippen molar-refractivity contribution in [2.75, 3.05) is 6.26 Å². The van der Waals surface area contributed by atoms with Gasteiger partial charge in [-0.1, -0.05) is 0 Å². The van der Waals surface area contributed by atoms with E-state index in [1.807, 2.05) is 0 Å². The molecule has 1 aromatic heterocycles. The summed E-state index contributed by atoms with van der Waals surface area (Å²) in [5.74, 6) is -52.5. The molecule has 39 heavy (non-hydrogen) atoms. The molecule has 0 aliphatic carbocycles. The molecule has 0 saturated heterocycles. The zero-order valence-corrected chi connectivity index (χ0v) is 22.7. The van der Waals surface area contributed by atoms with Crippen molar-refractivity contribution in [1.82, 2.24) is 0 Å². The molecule has 4 nitrogen and oxygen atoms in total. The summed E-state index contributed by atoms with van der Waals surface area (Å²) < 4.78 is 273. The van der Waals surface area contributed by atoms with Crippen LogP contribution >= 0.6 is 43.2 Å². The lowest BCUT2D eigenvalue weighted by Crippen LogP contribution is -2.75. The van der Waals surface area contributed by atoms with Crippen molar-refractivity contribution in [1.29, 1.82) is 0 Å². The van der Waals surface area contributed by atoms with Crippen LogP contribution in [0, 0.1) is 0 Å². The van der Waals surface area contributed by atoms with Gasteiger partial charge in [0.1, 0.15) is 9.79 Å². The molecule has 0 amide bonds. The van der Waals surface area contributed by atoms with Crippen LogP contribution in [0.1, 0.15) is 0 Å². The first-order valence-electron chi connectivity index (χ1n) is 8.19. The molecule has 1 heterocycles. The number of thiophene rings is 1. The van der Waals surface area contributed by atoms with Gasteiger partial charge in [-0.2, -0.15) is 74.6 Å². The van der Waals surface area contributed by atoms with E-state index in [1.165, 1.54) is 0 Å². The number of hydrogen-bond donors (Lipinski definition) is 0. The van der Waals surface area contributed by atoms with Gasteiger partial charge in [0.15, 0.2) is 9.84 Å². The molecule has 0 bridgehead atoms. The fourth-order valence-corrected chi connectivity index (χ4v) is 10.6. The van der Waals surface area contributed by atoms with Crippen LogP contribution in [0.2, 0.25) is 0 Å². The lowest BCUT2D eigenvalue weighted by atomic mass is 9.91. The van der Waals surface area contributed by atoms with Crippen LogP contribution in [-0.2, 0) is 19.7 Å². The van der Waals surface area contributed by atoms with E-state index >= 15 is 0 Å². The third-order valence-corrected chi connectivity index (χ3v) is 10.9. The lowest BCUT2D eigenvalue weighted by molar-refractivity contribution is -0.458. The Morgan fingerprint density at radius 3 is 1.10 bits per heavy atom. The average molecular weight is 802 g/mol. The van der Waals surface area contributed by atoms with E-state index in [0.717, 1.165) is 0 Å². The van der Waals surface area contributed by atoms with Crippen molar-refractivity contribution in [2.24, 2.45) is 0 Å². The molecule has 0 unspecified atom stereocenters. The molecule has 1 rings (SSSR count). The van der Waals surface area contributed by atoms with Gasteiger partial charge in [-0.05, 0) is 31.9 Å². The molecule has 0 saturated carbocycles. The second-order valence-electron chi connectivity index (χ2n) is 7.04. The fraction of sp³-hybridized carbons (Fsp3) is 0.692. The van der Waals surface area contributed by atoms with Crippen LogP contribution < -0.4 is 0 Å². The SMILES string of the molecule is CS(=O)(=O)c1c(Br)sc(Br)c1S(=O)(=O)C(F)(F)C(F)(F)C(F)(F)C(F)(F)C(F)(F)C(F)(F)C(F)(F)C(F)(F)F. The second kappa shape index (κ2) is 9.44. The molecule has 0 N–H and O–H groups in total. The minimum Gasteiger partial charge on any atom is -0.224 e. The van der Waals surface area contributed by atoms with Crippen LogP contribution in [0.3, 0.4) is 0 Å². The largest absolute Gasteiger partial charge is 0.460 e. The minimum atomic E-state index is -8.99. The maximum absolute atomic E-state index is 14.4. The molecule has 230 valence electrons. The molecular weight excluding hydrogens is 799 g/mol. The van der Waals surface area contributed by atoms with Crippen LogP contribution in [0.4, 0.5) is 74.6 Å². The van der Waals surface area contributed by atoms with Crippen LogP contribution in [-0.4, -0.2) is 70.1 Å². The Labute approximate surface area is 224 Å². The van der Waals surface area contributed by atoms with E-state index in [4.69, 9.17) is 0 Å². The van der Waals surface area contributed by atoms with Crippen molar-refractivity contribution >= 4 is 62.9 Å². The van der Waals surface area contributed by atoms with E-state index in [1.54, 1.807) is 0 Å². The molecule has 26 heteroatoms. The quantitative estimate of drug-likeness (QED) is 0.244. The topological polar surface area (TPSA) is 68.3 Å². The number of halogens is 19. The Morgan fingerprint density at radius 1 is 0.513 bits per heavy atom. The van der Waals surface area contributed by atoms with Gasteiger partial charge in [0.05, 0.1) is 7.57 Å². The molecule has 0 aliphatic rings. The highest BCUT2D eigenvalue weighted by Gasteiger charge is 2.96. The predicted molar refractivity (Wildman–Crippen MR) is 101 cm³/mol. The second-order valence-corrected chi connectivity index (χ2v) is 14.6. The maximum Gasteiger partial charge on any atom is 0.460 e. The molecular formula is C13H3Br2F17O4S3. The van der Waals surface area contributed by atoms with Gasteiger partial charge < -0.3 is 0 Å². The van der Waals surface area contributed by atoms with Crippen LogP contribution in [0.5, 0.6) is 0 Å². The first-order valence-corrected chi connectivity index (χ1v) is 14.0. The van der Waals surface area contributed by atoms with Gasteiger partial charge in [0.2, 0.25) is 0 Å². The molecule has 0 fully saturated rings. The van der Waals surface area contributed by atoms with E-state index in [-0.39, 0.29) is 17.6 Å². The molecule has 0 aromatic carbocycles. The minimum absolute atomic E-state index is 0.00771. The van der Waals surface area contributed by atoms with E-state index in [9.17, 15) is 91.5 Å². The summed E-state index contributed by atoms with van der Waals surface area (Å²) in [6, 6.07) is 0. The monoisotopic (exact) mass is 800 g/mol. The van der Waals surface area contributed by atoms with Gasteiger partial charge in [-0.3, -0.25) is 0 Å². The van der Waals surface area contributed by atoms with Crippen molar-refractivity contribution in [3.8, 4) is 0 Å². The smallest absolute Gasteiger partial charge is 0.224 e. The summed E-state index contributed by atoms with van der Waals surface area (Å²) >= 11 is 4.09. The zero-order valence-electron chi connectivity index (χ0n) is 17.0. The molecule has 1 aromatic rings. The van der Waals surface area contributed by atoms with E-state index < -0.39 is 84.0 Å². The van der Waals surface area contributed by atoms with Crippen molar-refractivity contribution in [3.05, 3.63) is 7.57 Å². The number of rotatable bonds is 9. The van der Waals surface area contributed by atoms with Gasteiger partial charge in [-0.15, -0.1) is 11.3 Å². The third kappa shape index (κ3) is 4.73. The summed E-state index contributed by atoms with van der Waals surface area (Å²) in [5.41, 5.74) is 0. The molecule has 0 spiro atoms. The van der Waals surface area contributed by atoms with Crippen LogP contribution in [0.25, 0.3) is 0 Å². The Hall–Kier alpha value is -0.630. The molecule has 0 radical (unpaired) electrons. The molecule has 0 atom stereocenters. The van der Waals surface area contributed by atoms with Gasteiger partial charge >= 0.3 is 47.0 Å². The first-order chi connectivity index (χ1) is 16.5. The van der Waals surface area contributed by atoms with E-state index in [2.05, 4.69) is 31.9 Å². The summed E-state index contributed by atoms with van der Waals surface area (Å²) in [7, 11) is -12.9. The van der Waals surface area contributed by atoms with Gasteiger partial charge in [-0.25, -0.2) is 16.8 Å². The lowest BCUT2D eigenvalue weighted by Gasteiger charge is -2.42. The highest BCUT2D eigenvalue weighted by molar-refractivity contribution is 9.12. The van der Waals surface area contributed by atoms with Gasteiger partial charge in [0.25, 0.3) is 9.84 Å². The normalized spacial score (nSPS) is 16.1. The molecule has 0 aliphatic heterocycles. The van der Waals surface area contributed by atoms with Crippen LogP contribution in [0.15, 0.2) is 17.4 Å². The van der Waals surface area contributed by atoms with Crippen molar-refractivity contribution in [2.45, 2.75) is 56.8 Å². The predicted octanol–water partition coefficient (Wildman–Crippen LogP) is 7.42. The van der Waals surface area contributed by atoms with Crippen molar-refractivity contribution in [3.63, 3.8) is 0 Å². The Morgan fingerprint density at radius 2 is 0.795 bits per heavy atom. The Kier molecular flexibility index (Phi) is 8.81. The third-order valence-electron chi connectivity index (χ3n) is 4.41. The number of hydrogen-bond acceptors (Lipinski definition) is 5.